The van der Waals surface area contributed by atoms with E-state index in [-0.39, 0.29) is 0 Å². The van der Waals surface area contributed by atoms with Crippen LogP contribution in [0.5, 0.6) is 0 Å². The number of nitrogens with two attached hydrogens (primary N) is 1. The molecule has 0 unspecified atom stereocenters. The van der Waals surface area contributed by atoms with Crippen molar-refractivity contribution in [2.45, 2.75) is 35.6 Å². The summed E-state index contributed by atoms with van der Waals surface area (Å²) in [6.07, 6.45) is 2.32. The Balaban J connectivity index is 1.97. The molecule has 4 nitrogen and oxygen atoms in total. The maximum atomic E-state index is 6.02. The van der Waals surface area contributed by atoms with Gasteiger partial charge in [-0.1, -0.05) is 29.4 Å². The summed E-state index contributed by atoms with van der Waals surface area (Å²) in [5.41, 5.74) is 3.63. The van der Waals surface area contributed by atoms with Crippen LogP contribution in [0.3, 0.4) is 0 Å². The molecular weight excluding hydrogens is 292 g/mol. The van der Waals surface area contributed by atoms with E-state index in [9.17, 15) is 0 Å². The average Bonchev–Trinajstić information content (AvgIpc) is 3.25. The van der Waals surface area contributed by atoms with Gasteiger partial charge in [-0.15, -0.1) is 0 Å². The number of rotatable bonds is 4. The van der Waals surface area contributed by atoms with E-state index in [1.54, 1.807) is 11.8 Å². The molecule has 0 radical (unpaired) electrons. The highest BCUT2D eigenvalue weighted by molar-refractivity contribution is 7.99. The molecule has 1 aromatic carbocycles. The van der Waals surface area contributed by atoms with Crippen LogP contribution in [0.15, 0.2) is 34.2 Å². The SMILES string of the molecule is Cc1c(NN)nc(C2CC2)nc1Sc1cccc(Cl)c1. The minimum absolute atomic E-state index is 0.487. The van der Waals surface area contributed by atoms with Gasteiger partial charge in [-0.2, -0.15) is 0 Å². The fraction of sp³-hybridized carbons (Fsp3) is 0.286. The van der Waals surface area contributed by atoms with Gasteiger partial charge in [0.1, 0.15) is 16.7 Å². The highest BCUT2D eigenvalue weighted by Crippen LogP contribution is 2.41. The zero-order valence-corrected chi connectivity index (χ0v) is 12.6. The molecule has 3 rings (SSSR count). The second kappa shape index (κ2) is 5.60. The molecule has 3 N–H and O–H groups in total. The maximum Gasteiger partial charge on any atom is 0.147 e. The monoisotopic (exact) mass is 306 g/mol. The van der Waals surface area contributed by atoms with Gasteiger partial charge in [-0.05, 0) is 38.0 Å². The molecule has 0 bridgehead atoms. The molecule has 0 saturated heterocycles. The van der Waals surface area contributed by atoms with Crippen molar-refractivity contribution in [2.24, 2.45) is 5.84 Å². The van der Waals surface area contributed by atoms with Crippen LogP contribution in [0.2, 0.25) is 5.02 Å². The standard InChI is InChI=1S/C14H15ClN4S/c1-8-12(19-16)17-13(9-5-6-9)18-14(8)20-11-4-2-3-10(15)7-11/h2-4,7,9H,5-6,16H2,1H3,(H,17,18,19). The van der Waals surface area contributed by atoms with Crippen molar-refractivity contribution in [3.05, 3.63) is 40.7 Å². The van der Waals surface area contributed by atoms with Gasteiger partial charge in [-0.3, -0.25) is 0 Å². The Hall–Kier alpha value is -1.30. The van der Waals surface area contributed by atoms with Crippen LogP contribution >= 0.6 is 23.4 Å². The lowest BCUT2D eigenvalue weighted by Crippen LogP contribution is -2.13. The largest absolute Gasteiger partial charge is 0.308 e. The fourth-order valence-corrected chi connectivity index (χ4v) is 3.12. The van der Waals surface area contributed by atoms with Gasteiger partial charge in [0, 0.05) is 21.4 Å². The molecule has 1 fully saturated rings. The van der Waals surface area contributed by atoms with Crippen molar-refractivity contribution >= 4 is 29.2 Å². The van der Waals surface area contributed by atoms with Crippen molar-refractivity contribution in [3.63, 3.8) is 0 Å². The third kappa shape index (κ3) is 2.90. The van der Waals surface area contributed by atoms with E-state index in [0.29, 0.717) is 11.7 Å². The number of nitrogens with zero attached hydrogens (tertiary/aromatic N) is 2. The number of hydrogen-bond acceptors (Lipinski definition) is 5. The predicted molar refractivity (Wildman–Crippen MR) is 82.1 cm³/mol. The van der Waals surface area contributed by atoms with Crippen molar-refractivity contribution in [1.82, 2.24) is 9.97 Å². The summed E-state index contributed by atoms with van der Waals surface area (Å²) < 4.78 is 0. The Bertz CT molecular complexity index is 643. The molecule has 0 atom stereocenters. The quantitative estimate of drug-likeness (QED) is 0.511. The molecule has 1 aromatic heterocycles. The normalized spacial score (nSPS) is 14.3. The van der Waals surface area contributed by atoms with E-state index >= 15 is 0 Å². The number of benzene rings is 1. The zero-order valence-electron chi connectivity index (χ0n) is 11.1. The summed E-state index contributed by atoms with van der Waals surface area (Å²) in [4.78, 5) is 10.2. The summed E-state index contributed by atoms with van der Waals surface area (Å²) in [5.74, 6) is 7.63. The number of aromatic nitrogens is 2. The number of nitrogen functional groups attached to an aromatic ring is 1. The van der Waals surface area contributed by atoms with Crippen molar-refractivity contribution < 1.29 is 0 Å². The number of anilines is 1. The number of hydrazine groups is 1. The van der Waals surface area contributed by atoms with Gasteiger partial charge >= 0.3 is 0 Å². The highest BCUT2D eigenvalue weighted by Gasteiger charge is 2.28. The molecule has 20 heavy (non-hydrogen) atoms. The first-order valence-corrected chi connectivity index (χ1v) is 7.65. The molecule has 1 aliphatic rings. The van der Waals surface area contributed by atoms with E-state index in [0.717, 1.165) is 39.2 Å². The van der Waals surface area contributed by atoms with Crippen molar-refractivity contribution in [1.29, 1.82) is 0 Å². The summed E-state index contributed by atoms with van der Waals surface area (Å²) in [5, 5.41) is 1.65. The average molecular weight is 307 g/mol. The van der Waals surface area contributed by atoms with Crippen LogP contribution in [0.25, 0.3) is 0 Å². The molecule has 2 aromatic rings. The molecule has 104 valence electrons. The van der Waals surface area contributed by atoms with Crippen LogP contribution in [-0.2, 0) is 0 Å². The first-order chi connectivity index (χ1) is 9.67. The topological polar surface area (TPSA) is 63.8 Å². The lowest BCUT2D eigenvalue weighted by Gasteiger charge is -2.11. The van der Waals surface area contributed by atoms with Gasteiger partial charge in [0.2, 0.25) is 0 Å². The maximum absolute atomic E-state index is 6.02. The van der Waals surface area contributed by atoms with Gasteiger partial charge in [0.25, 0.3) is 0 Å². The Morgan fingerprint density at radius 2 is 2.15 bits per heavy atom. The van der Waals surface area contributed by atoms with E-state index in [1.807, 2.05) is 31.2 Å². The number of nitrogens with one attached hydrogen (secondary N) is 1. The van der Waals surface area contributed by atoms with E-state index in [2.05, 4.69) is 15.4 Å². The molecule has 0 spiro atoms. The Labute approximate surface area is 127 Å². The lowest BCUT2D eigenvalue weighted by molar-refractivity contribution is 0.862. The summed E-state index contributed by atoms with van der Waals surface area (Å²) in [6.45, 7) is 1.97. The minimum atomic E-state index is 0.487. The second-order valence-corrected chi connectivity index (χ2v) is 6.34. The van der Waals surface area contributed by atoms with Crippen molar-refractivity contribution in [2.75, 3.05) is 5.43 Å². The number of hydrogen-bond donors (Lipinski definition) is 2. The molecule has 0 amide bonds. The molecule has 1 heterocycles. The first-order valence-electron chi connectivity index (χ1n) is 6.46. The van der Waals surface area contributed by atoms with Gasteiger partial charge in [0.05, 0.1) is 0 Å². The van der Waals surface area contributed by atoms with Crippen LogP contribution in [0.1, 0.15) is 30.1 Å². The van der Waals surface area contributed by atoms with E-state index < -0.39 is 0 Å². The zero-order chi connectivity index (χ0) is 14.1. The summed E-state index contributed by atoms with van der Waals surface area (Å²) >= 11 is 7.61. The highest BCUT2D eigenvalue weighted by atomic mass is 35.5. The van der Waals surface area contributed by atoms with Crippen LogP contribution in [-0.4, -0.2) is 9.97 Å². The van der Waals surface area contributed by atoms with E-state index in [4.69, 9.17) is 17.4 Å². The fourth-order valence-electron chi connectivity index (χ4n) is 1.92. The third-order valence-electron chi connectivity index (χ3n) is 3.21. The van der Waals surface area contributed by atoms with Gasteiger partial charge in [-0.25, -0.2) is 15.8 Å². The lowest BCUT2D eigenvalue weighted by atomic mass is 10.3. The third-order valence-corrected chi connectivity index (χ3v) is 4.52. The Kier molecular flexibility index (Phi) is 3.83. The molecular formula is C14H15ClN4S. The second-order valence-electron chi connectivity index (χ2n) is 4.84. The molecule has 0 aliphatic heterocycles. The number of halogens is 1. The van der Waals surface area contributed by atoms with E-state index in [1.165, 1.54) is 0 Å². The van der Waals surface area contributed by atoms with Crippen LogP contribution in [0.4, 0.5) is 5.82 Å². The van der Waals surface area contributed by atoms with Crippen LogP contribution in [0, 0.1) is 6.92 Å². The van der Waals surface area contributed by atoms with Crippen LogP contribution < -0.4 is 11.3 Å². The summed E-state index contributed by atoms with van der Waals surface area (Å²) in [7, 11) is 0. The predicted octanol–water partition coefficient (Wildman–Crippen LogP) is 3.75. The molecule has 6 heteroatoms. The molecule has 1 aliphatic carbocycles. The molecule has 1 saturated carbocycles. The first kappa shape index (κ1) is 13.7. The Morgan fingerprint density at radius 3 is 2.80 bits per heavy atom. The smallest absolute Gasteiger partial charge is 0.147 e. The minimum Gasteiger partial charge on any atom is -0.308 e. The van der Waals surface area contributed by atoms with Gasteiger partial charge in [0.15, 0.2) is 0 Å². The van der Waals surface area contributed by atoms with Crippen molar-refractivity contribution in [3.8, 4) is 0 Å². The Morgan fingerprint density at radius 1 is 1.35 bits per heavy atom. The van der Waals surface area contributed by atoms with Gasteiger partial charge < -0.3 is 5.43 Å². The summed E-state index contributed by atoms with van der Waals surface area (Å²) in [6, 6.07) is 7.75.